The Labute approximate surface area is 413 Å². The van der Waals surface area contributed by atoms with Gasteiger partial charge < -0.3 is 40.1 Å². The van der Waals surface area contributed by atoms with Gasteiger partial charge in [0, 0.05) is 56.9 Å². The van der Waals surface area contributed by atoms with Gasteiger partial charge in [-0.1, -0.05) is 31.4 Å². The van der Waals surface area contributed by atoms with Crippen LogP contribution in [0.15, 0.2) is 110 Å². The molecule has 18 heteroatoms. The first-order valence-corrected chi connectivity index (χ1v) is 23.0. The van der Waals surface area contributed by atoms with Crippen LogP contribution in [0.4, 0.5) is 0 Å². The number of aliphatic hydroxyl groups excluding tert-OH is 2. The molecule has 2 saturated heterocycles. The van der Waals surface area contributed by atoms with E-state index in [1.165, 1.54) is 62.6 Å². The molecule has 2 aromatic carbocycles. The Morgan fingerprint density at radius 2 is 1.03 bits per heavy atom. The normalized spacial score (nSPS) is 16.3. The van der Waals surface area contributed by atoms with E-state index in [1.807, 2.05) is 4.90 Å². The molecular formula is C51H61Cl2N5O11. The molecule has 3 aromatic heterocycles. The maximum absolute atomic E-state index is 12.7. The van der Waals surface area contributed by atoms with Crippen LogP contribution in [0.2, 0.25) is 0 Å². The van der Waals surface area contributed by atoms with Gasteiger partial charge in [-0.15, -0.1) is 12.4 Å². The molecule has 0 bridgehead atoms. The number of aldehydes is 2. The lowest BCUT2D eigenvalue weighted by Gasteiger charge is -2.35. The van der Waals surface area contributed by atoms with Crippen molar-refractivity contribution in [3.8, 4) is 23.0 Å². The van der Waals surface area contributed by atoms with Gasteiger partial charge >= 0.3 is 0 Å². The molecule has 16 nitrogen and oxygen atoms in total. The van der Waals surface area contributed by atoms with E-state index in [9.17, 15) is 34.2 Å². The molecule has 0 radical (unpaired) electrons. The number of aromatic nitrogens is 3. The van der Waals surface area contributed by atoms with Gasteiger partial charge in [-0.05, 0) is 130 Å². The molecule has 1 saturated carbocycles. The summed E-state index contributed by atoms with van der Waals surface area (Å²) in [7, 11) is 0. The lowest BCUT2D eigenvalue weighted by atomic mass is 9.90. The number of likely N-dealkylation sites (tertiary alicyclic amines) is 2. The number of hydrogen-bond acceptors (Lipinski definition) is 14. The number of pyridine rings is 3. The van der Waals surface area contributed by atoms with E-state index in [1.54, 1.807) is 84.4 Å². The minimum Gasteiger partial charge on any atom is -0.507 e. The van der Waals surface area contributed by atoms with Gasteiger partial charge in [-0.3, -0.25) is 38.9 Å². The van der Waals surface area contributed by atoms with E-state index in [2.05, 4.69) is 15.0 Å². The molecule has 5 aromatic rings. The number of hydrogen-bond donors (Lipinski definition) is 5. The number of aromatic hydroxyl groups is 3. The number of halogens is 2. The Hall–Kier alpha value is -6.46. The highest BCUT2D eigenvalue weighted by Crippen LogP contribution is 2.28. The molecule has 8 rings (SSSR count). The predicted molar refractivity (Wildman–Crippen MR) is 262 cm³/mol. The van der Waals surface area contributed by atoms with E-state index in [0.29, 0.717) is 54.1 Å². The molecule has 370 valence electrons. The summed E-state index contributed by atoms with van der Waals surface area (Å²) < 4.78 is 5.76. The second-order valence-electron chi connectivity index (χ2n) is 16.1. The van der Waals surface area contributed by atoms with Crippen LogP contribution in [0.25, 0.3) is 0 Å². The Morgan fingerprint density at radius 1 is 0.580 bits per heavy atom. The van der Waals surface area contributed by atoms with Crippen molar-refractivity contribution in [2.24, 2.45) is 5.92 Å². The van der Waals surface area contributed by atoms with Crippen molar-refractivity contribution in [2.45, 2.75) is 82.7 Å². The lowest BCUT2D eigenvalue weighted by Crippen LogP contribution is -2.46. The van der Waals surface area contributed by atoms with Gasteiger partial charge in [0.1, 0.15) is 29.6 Å². The van der Waals surface area contributed by atoms with Crippen LogP contribution < -0.4 is 4.74 Å². The number of phenolic OH excluding ortho intramolecular Hbond substituents is 3. The minimum absolute atomic E-state index is 0. The smallest absolute Gasteiger partial charge is 0.255 e. The topological polar surface area (TPSA) is 241 Å². The number of piperidine rings is 2. The Balaban J connectivity index is 0.000000246. The van der Waals surface area contributed by atoms with Gasteiger partial charge in [0.05, 0.1) is 46.5 Å². The zero-order chi connectivity index (χ0) is 49.1. The maximum atomic E-state index is 12.7. The molecule has 3 aliphatic rings. The third-order valence-electron chi connectivity index (χ3n) is 11.4. The molecule has 2 amide bonds. The van der Waals surface area contributed by atoms with E-state index in [4.69, 9.17) is 31.7 Å². The molecule has 2 aliphatic heterocycles. The second kappa shape index (κ2) is 31.6. The molecule has 0 spiro atoms. The highest BCUT2D eigenvalue weighted by atomic mass is 35.5. The largest absolute Gasteiger partial charge is 0.507 e. The molecule has 2 atom stereocenters. The number of amides is 2. The van der Waals surface area contributed by atoms with Crippen LogP contribution in [0.1, 0.15) is 122 Å². The molecule has 5 heterocycles. The van der Waals surface area contributed by atoms with E-state index >= 15 is 0 Å². The quantitative estimate of drug-likeness (QED) is 0.0657. The van der Waals surface area contributed by atoms with Gasteiger partial charge in [-0.25, -0.2) is 0 Å². The summed E-state index contributed by atoms with van der Waals surface area (Å²) >= 11 is 5.12. The SMILES string of the molecule is Cl.O=C(Cl)c1cccnc1.O=C(c1cccnc1)N1CCCC[C@H]1CO.O=Cc1c(O)cccc1O.O=Cc1c(O)cccc1OC[C@@H]1CCCCN1C(=O)c1cccnc1.OCC1CCCCC1. The summed E-state index contributed by atoms with van der Waals surface area (Å²) in [6.45, 7) is 2.14. The standard InChI is InChI=1S/C19H20N2O4.C12H16N2O2.C7H6O3.C7H14O.C6H4ClNO.ClH/c22-12-16-17(23)7-3-8-18(16)25-13-15-6-1-2-10-21(15)19(24)14-5-4-9-20-11-14;15-9-11-5-1-2-7-14(11)12(16)10-4-3-6-13-8-10;8-4-5-6(9)2-1-3-7(5)10;8-6-7-4-2-1-3-5-7;7-6(9)5-2-1-3-8-4-5;/h3-5,7-9,11-12,15,23H,1-2,6,10,13H2;3-4,6,8,11,15H,1-2,5,7,9H2;1-4,9-10H;7-8H,1-6H2;1-4H;1H/t15-;11-;;;;/m00..../s1. The number of carbonyl (C=O) groups excluding carboxylic acids is 5. The van der Waals surface area contributed by atoms with Gasteiger partial charge in [0.15, 0.2) is 12.6 Å². The van der Waals surface area contributed by atoms with Crippen molar-refractivity contribution in [3.63, 3.8) is 0 Å². The van der Waals surface area contributed by atoms with Crippen LogP contribution in [0, 0.1) is 5.92 Å². The van der Waals surface area contributed by atoms with Crippen molar-refractivity contribution < 1.29 is 54.2 Å². The molecular weight excluding hydrogens is 929 g/mol. The highest BCUT2D eigenvalue weighted by Gasteiger charge is 2.29. The number of benzene rings is 2. The van der Waals surface area contributed by atoms with Crippen molar-refractivity contribution in [1.29, 1.82) is 0 Å². The number of carbonyl (C=O) groups is 5. The monoisotopic (exact) mass is 989 g/mol. The van der Waals surface area contributed by atoms with Crippen molar-refractivity contribution >= 4 is 53.6 Å². The summed E-state index contributed by atoms with van der Waals surface area (Å²) in [5.74, 6) is 0.377. The Morgan fingerprint density at radius 3 is 1.43 bits per heavy atom. The third kappa shape index (κ3) is 18.5. The van der Waals surface area contributed by atoms with Crippen LogP contribution in [0.5, 0.6) is 23.0 Å². The number of ether oxygens (including phenoxy) is 1. The fourth-order valence-electron chi connectivity index (χ4n) is 7.68. The fraction of sp³-hybridized carbons (Fsp3) is 0.373. The fourth-order valence-corrected chi connectivity index (χ4v) is 7.79. The van der Waals surface area contributed by atoms with Crippen LogP contribution >= 0.6 is 24.0 Å². The first-order chi connectivity index (χ1) is 33.0. The molecule has 5 N–H and O–H groups in total. The van der Waals surface area contributed by atoms with E-state index in [0.717, 1.165) is 45.1 Å². The predicted octanol–water partition coefficient (Wildman–Crippen LogP) is 8.09. The Bertz CT molecular complexity index is 2290. The summed E-state index contributed by atoms with van der Waals surface area (Å²) in [4.78, 5) is 71.7. The van der Waals surface area contributed by atoms with Crippen LogP contribution in [0.3, 0.4) is 0 Å². The van der Waals surface area contributed by atoms with Gasteiger partial charge in [-0.2, -0.15) is 0 Å². The van der Waals surface area contributed by atoms with Crippen molar-refractivity contribution in [1.82, 2.24) is 24.8 Å². The first-order valence-electron chi connectivity index (χ1n) is 22.6. The zero-order valence-corrected chi connectivity index (χ0v) is 39.9. The molecule has 3 fully saturated rings. The summed E-state index contributed by atoms with van der Waals surface area (Å²) in [6, 6.07) is 19.0. The van der Waals surface area contributed by atoms with Crippen LogP contribution in [-0.4, -0.2) is 125 Å². The highest BCUT2D eigenvalue weighted by molar-refractivity contribution is 6.67. The third-order valence-corrected chi connectivity index (χ3v) is 11.7. The Kier molecular flexibility index (Phi) is 26.0. The molecule has 69 heavy (non-hydrogen) atoms. The maximum Gasteiger partial charge on any atom is 0.255 e. The average molecular weight is 991 g/mol. The van der Waals surface area contributed by atoms with E-state index in [-0.39, 0.29) is 77.9 Å². The summed E-state index contributed by atoms with van der Waals surface area (Å²) in [5.41, 5.74) is 1.65. The zero-order valence-electron chi connectivity index (χ0n) is 38.3. The lowest BCUT2D eigenvalue weighted by molar-refractivity contribution is 0.0501. The van der Waals surface area contributed by atoms with E-state index < -0.39 is 5.24 Å². The van der Waals surface area contributed by atoms with Crippen LogP contribution in [-0.2, 0) is 0 Å². The van der Waals surface area contributed by atoms with Gasteiger partial charge in [0.25, 0.3) is 17.1 Å². The summed E-state index contributed by atoms with van der Waals surface area (Å²) in [5, 5.41) is 45.0. The minimum atomic E-state index is -0.469. The number of nitrogens with zero attached hydrogens (tertiary/aromatic N) is 5. The number of aliphatic hydroxyl groups is 2. The number of phenols is 3. The molecule has 1 aliphatic carbocycles. The second-order valence-corrected chi connectivity index (χ2v) is 16.5. The van der Waals surface area contributed by atoms with Crippen molar-refractivity contribution in [3.05, 3.63) is 138 Å². The van der Waals surface area contributed by atoms with Gasteiger partial charge in [0.2, 0.25) is 0 Å². The van der Waals surface area contributed by atoms with Crippen molar-refractivity contribution in [2.75, 3.05) is 32.9 Å². The average Bonchev–Trinajstić information content (AvgIpc) is 3.39. The first kappa shape index (κ1) is 56.9. The summed E-state index contributed by atoms with van der Waals surface area (Å²) in [6.07, 6.45) is 22.8. The number of rotatable bonds is 10. The molecule has 0 unspecified atom stereocenters.